The van der Waals surface area contributed by atoms with Crippen molar-refractivity contribution in [3.05, 3.63) is 0 Å². The van der Waals surface area contributed by atoms with Crippen LogP contribution in [0.15, 0.2) is 0 Å². The van der Waals surface area contributed by atoms with Crippen LogP contribution in [0.5, 0.6) is 0 Å². The van der Waals surface area contributed by atoms with Gasteiger partial charge in [0.2, 0.25) is 0 Å². The zero-order valence-corrected chi connectivity index (χ0v) is 11.8. The topological polar surface area (TPSA) is 47.0 Å². The Labute approximate surface area is 110 Å². The Balaban J connectivity index is 2.19. The second-order valence-electron chi connectivity index (χ2n) is 5.38. The fraction of sp³-hybridized carbons (Fsp3) is 0.923. The van der Waals surface area contributed by atoms with Crippen molar-refractivity contribution in [3.8, 4) is 0 Å². The van der Waals surface area contributed by atoms with E-state index in [-0.39, 0.29) is 6.54 Å². The number of likely N-dealkylation sites (tertiary alicyclic amines) is 1. The van der Waals surface area contributed by atoms with Crippen LogP contribution in [0.25, 0.3) is 0 Å². The fourth-order valence-electron chi connectivity index (χ4n) is 2.33. The smallest absolute Gasteiger partial charge is 0.317 e. The van der Waals surface area contributed by atoms with Crippen LogP contribution < -0.4 is 0 Å². The SMILES string of the molecule is CN(C)CCN(CCCN1CCCC1)CC(=O)O. The molecule has 0 bridgehead atoms. The second-order valence-corrected chi connectivity index (χ2v) is 5.38. The molecule has 0 aromatic carbocycles. The molecular weight excluding hydrogens is 230 g/mol. The van der Waals surface area contributed by atoms with Gasteiger partial charge < -0.3 is 14.9 Å². The summed E-state index contributed by atoms with van der Waals surface area (Å²) in [5.74, 6) is -0.727. The number of carboxylic acid groups (broad SMARTS) is 1. The number of hydrogen-bond acceptors (Lipinski definition) is 4. The molecule has 1 rings (SSSR count). The molecule has 0 saturated carbocycles. The molecule has 5 heteroatoms. The summed E-state index contributed by atoms with van der Waals surface area (Å²) >= 11 is 0. The van der Waals surface area contributed by atoms with Gasteiger partial charge in [-0.1, -0.05) is 0 Å². The maximum absolute atomic E-state index is 10.8. The molecule has 18 heavy (non-hydrogen) atoms. The number of likely N-dealkylation sites (N-methyl/N-ethyl adjacent to an activating group) is 1. The minimum Gasteiger partial charge on any atom is -0.480 e. The van der Waals surface area contributed by atoms with Crippen LogP contribution in [-0.4, -0.2) is 85.7 Å². The van der Waals surface area contributed by atoms with Gasteiger partial charge in [-0.15, -0.1) is 0 Å². The Hall–Kier alpha value is -0.650. The summed E-state index contributed by atoms with van der Waals surface area (Å²) in [7, 11) is 4.03. The maximum atomic E-state index is 10.8. The molecule has 0 aliphatic carbocycles. The molecule has 1 aliphatic rings. The molecule has 0 aromatic heterocycles. The minimum absolute atomic E-state index is 0.161. The molecule has 0 unspecified atom stereocenters. The molecule has 106 valence electrons. The number of nitrogens with zero attached hydrogens (tertiary/aromatic N) is 3. The summed E-state index contributed by atoms with van der Waals surface area (Å²) < 4.78 is 0. The molecule has 0 amide bonds. The van der Waals surface area contributed by atoms with Crippen molar-refractivity contribution in [2.75, 3.05) is 59.9 Å². The minimum atomic E-state index is -0.727. The molecule has 1 N–H and O–H groups in total. The summed E-state index contributed by atoms with van der Waals surface area (Å²) in [6, 6.07) is 0. The lowest BCUT2D eigenvalue weighted by molar-refractivity contribution is -0.138. The average molecular weight is 257 g/mol. The van der Waals surface area contributed by atoms with E-state index in [9.17, 15) is 4.79 Å². The van der Waals surface area contributed by atoms with Gasteiger partial charge in [0.1, 0.15) is 0 Å². The largest absolute Gasteiger partial charge is 0.480 e. The van der Waals surface area contributed by atoms with E-state index in [1.807, 2.05) is 19.0 Å². The van der Waals surface area contributed by atoms with Crippen molar-refractivity contribution in [1.29, 1.82) is 0 Å². The van der Waals surface area contributed by atoms with E-state index < -0.39 is 5.97 Å². The van der Waals surface area contributed by atoms with E-state index in [1.54, 1.807) is 0 Å². The highest BCUT2D eigenvalue weighted by Gasteiger charge is 2.13. The van der Waals surface area contributed by atoms with Gasteiger partial charge in [-0.3, -0.25) is 9.69 Å². The first-order valence-corrected chi connectivity index (χ1v) is 6.89. The highest BCUT2D eigenvalue weighted by molar-refractivity contribution is 5.69. The number of aliphatic carboxylic acids is 1. The molecular formula is C13H27N3O2. The summed E-state index contributed by atoms with van der Waals surface area (Å²) in [4.78, 5) is 17.4. The van der Waals surface area contributed by atoms with E-state index in [0.29, 0.717) is 0 Å². The monoisotopic (exact) mass is 257 g/mol. The molecule has 1 heterocycles. The first-order valence-electron chi connectivity index (χ1n) is 6.89. The fourth-order valence-corrected chi connectivity index (χ4v) is 2.33. The maximum Gasteiger partial charge on any atom is 0.317 e. The zero-order chi connectivity index (χ0) is 13.4. The van der Waals surface area contributed by atoms with Crippen molar-refractivity contribution < 1.29 is 9.90 Å². The standard InChI is InChI=1S/C13H27N3O2/c1-14(2)10-11-16(12-13(17)18)9-5-8-15-6-3-4-7-15/h3-12H2,1-2H3,(H,17,18). The molecule has 0 spiro atoms. The predicted octanol–water partition coefficient (Wildman–Crippen LogP) is 0.421. The van der Waals surface area contributed by atoms with E-state index in [2.05, 4.69) is 9.80 Å². The normalized spacial score (nSPS) is 16.9. The molecule has 1 saturated heterocycles. The van der Waals surface area contributed by atoms with Crippen LogP contribution in [0.1, 0.15) is 19.3 Å². The van der Waals surface area contributed by atoms with Crippen LogP contribution >= 0.6 is 0 Å². The van der Waals surface area contributed by atoms with Gasteiger partial charge in [0, 0.05) is 19.6 Å². The van der Waals surface area contributed by atoms with E-state index in [0.717, 1.165) is 32.6 Å². The summed E-state index contributed by atoms with van der Waals surface area (Å²) in [6.07, 6.45) is 3.71. The van der Waals surface area contributed by atoms with E-state index in [4.69, 9.17) is 5.11 Å². The summed E-state index contributed by atoms with van der Waals surface area (Å²) in [5, 5.41) is 8.89. The van der Waals surface area contributed by atoms with Crippen LogP contribution in [0.4, 0.5) is 0 Å². The summed E-state index contributed by atoms with van der Waals surface area (Å²) in [5.41, 5.74) is 0. The quantitative estimate of drug-likeness (QED) is 0.649. The first-order chi connectivity index (χ1) is 8.58. The van der Waals surface area contributed by atoms with Gasteiger partial charge in [-0.2, -0.15) is 0 Å². The highest BCUT2D eigenvalue weighted by Crippen LogP contribution is 2.07. The molecule has 0 atom stereocenters. The van der Waals surface area contributed by atoms with Gasteiger partial charge >= 0.3 is 5.97 Å². The lowest BCUT2D eigenvalue weighted by Crippen LogP contribution is -2.37. The third-order valence-electron chi connectivity index (χ3n) is 3.37. The average Bonchev–Trinajstić information content (AvgIpc) is 2.77. The molecule has 5 nitrogen and oxygen atoms in total. The lowest BCUT2D eigenvalue weighted by atomic mass is 10.3. The van der Waals surface area contributed by atoms with Gasteiger partial charge in [0.05, 0.1) is 6.54 Å². The summed E-state index contributed by atoms with van der Waals surface area (Å²) in [6.45, 7) is 6.34. The van der Waals surface area contributed by atoms with Crippen molar-refractivity contribution in [1.82, 2.24) is 14.7 Å². The van der Waals surface area contributed by atoms with Crippen molar-refractivity contribution >= 4 is 5.97 Å². The molecule has 1 fully saturated rings. The van der Waals surface area contributed by atoms with Gasteiger partial charge in [0.25, 0.3) is 0 Å². The third-order valence-corrected chi connectivity index (χ3v) is 3.37. The Morgan fingerprint density at radius 3 is 2.39 bits per heavy atom. The van der Waals surface area contributed by atoms with E-state index >= 15 is 0 Å². The van der Waals surface area contributed by atoms with Gasteiger partial charge in [0.15, 0.2) is 0 Å². The van der Waals surface area contributed by atoms with Crippen molar-refractivity contribution in [2.45, 2.75) is 19.3 Å². The number of rotatable bonds is 9. The number of carboxylic acids is 1. The number of hydrogen-bond donors (Lipinski definition) is 1. The Morgan fingerprint density at radius 2 is 1.83 bits per heavy atom. The van der Waals surface area contributed by atoms with Crippen LogP contribution in [0.3, 0.4) is 0 Å². The third kappa shape index (κ3) is 6.93. The Morgan fingerprint density at radius 1 is 1.17 bits per heavy atom. The lowest BCUT2D eigenvalue weighted by Gasteiger charge is -2.23. The first kappa shape index (κ1) is 15.4. The van der Waals surface area contributed by atoms with Crippen LogP contribution in [0.2, 0.25) is 0 Å². The second kappa shape index (κ2) is 8.45. The van der Waals surface area contributed by atoms with Crippen LogP contribution in [-0.2, 0) is 4.79 Å². The number of carbonyl (C=O) groups is 1. The van der Waals surface area contributed by atoms with Gasteiger partial charge in [-0.25, -0.2) is 0 Å². The Kier molecular flexibility index (Phi) is 7.23. The predicted molar refractivity (Wildman–Crippen MR) is 72.9 cm³/mol. The zero-order valence-electron chi connectivity index (χ0n) is 11.8. The van der Waals surface area contributed by atoms with Crippen LogP contribution in [0, 0.1) is 0 Å². The Bertz CT molecular complexity index is 240. The van der Waals surface area contributed by atoms with E-state index in [1.165, 1.54) is 25.9 Å². The molecule has 0 aromatic rings. The molecule has 0 radical (unpaired) electrons. The van der Waals surface area contributed by atoms with Gasteiger partial charge in [-0.05, 0) is 53.0 Å². The molecule has 1 aliphatic heterocycles. The highest BCUT2D eigenvalue weighted by atomic mass is 16.4. The van der Waals surface area contributed by atoms with Crippen molar-refractivity contribution in [3.63, 3.8) is 0 Å². The van der Waals surface area contributed by atoms with Crippen molar-refractivity contribution in [2.24, 2.45) is 0 Å².